The average molecular weight is 670 g/mol. The Labute approximate surface area is 243 Å². The zero-order valence-electron chi connectivity index (χ0n) is 21.5. The molecule has 0 fully saturated rings. The molecule has 0 saturated carbocycles. The van der Waals surface area contributed by atoms with E-state index in [0.717, 1.165) is 5.56 Å². The third-order valence-electron chi connectivity index (χ3n) is 6.36. The second kappa shape index (κ2) is 12.4. The average Bonchev–Trinajstić information content (AvgIpc) is 3.32. The normalized spacial score (nSPS) is 15.4. The predicted octanol–water partition coefficient (Wildman–Crippen LogP) is 3.68. The van der Waals surface area contributed by atoms with Gasteiger partial charge in [0.25, 0.3) is 11.6 Å². The van der Waals surface area contributed by atoms with Gasteiger partial charge in [-0.25, -0.2) is 17.7 Å². The molecule has 218 valence electrons. The molecule has 0 aliphatic carbocycles. The molecule has 0 radical (unpaired) electrons. The van der Waals surface area contributed by atoms with Gasteiger partial charge in [-0.1, -0.05) is 34.1 Å². The smallest absolute Gasteiger partial charge is 0.469 e. The van der Waals surface area contributed by atoms with Crippen molar-refractivity contribution in [1.82, 2.24) is 4.72 Å². The number of alkyl halides is 1. The maximum absolute atomic E-state index is 13.2. The van der Waals surface area contributed by atoms with Crippen molar-refractivity contribution in [3.63, 3.8) is 0 Å². The van der Waals surface area contributed by atoms with E-state index in [2.05, 4.69) is 25.2 Å². The molecule has 16 heteroatoms. The first kappa shape index (κ1) is 30.8. The van der Waals surface area contributed by atoms with Gasteiger partial charge >= 0.3 is 7.82 Å². The fourth-order valence-electron chi connectivity index (χ4n) is 4.50. The summed E-state index contributed by atoms with van der Waals surface area (Å²) in [6.07, 6.45) is 3.02. The topological polar surface area (TPSA) is 186 Å². The highest BCUT2D eigenvalue weighted by atomic mass is 79.9. The first-order valence-electron chi connectivity index (χ1n) is 12.0. The molecule has 41 heavy (non-hydrogen) atoms. The van der Waals surface area contributed by atoms with Gasteiger partial charge in [0.1, 0.15) is 5.75 Å². The fourth-order valence-corrected chi connectivity index (χ4v) is 6.40. The van der Waals surface area contributed by atoms with Crippen molar-refractivity contribution in [2.24, 2.45) is 0 Å². The number of nitro groups is 1. The summed E-state index contributed by atoms with van der Waals surface area (Å²) >= 11 is 3.47. The third-order valence-corrected chi connectivity index (χ3v) is 9.11. The van der Waals surface area contributed by atoms with E-state index in [1.54, 1.807) is 37.5 Å². The number of rotatable bonds is 11. The summed E-state index contributed by atoms with van der Waals surface area (Å²) in [7, 11) is -7.43. The van der Waals surface area contributed by atoms with Gasteiger partial charge < -0.3 is 19.4 Å². The lowest BCUT2D eigenvalue weighted by molar-refractivity contribution is -0.383. The maximum atomic E-state index is 13.2. The molecule has 13 nitrogen and oxygen atoms in total. The molecule has 4 rings (SSSR count). The number of carbonyl (C=O) groups is 1. The van der Waals surface area contributed by atoms with Crippen LogP contribution in [-0.4, -0.2) is 61.2 Å². The minimum absolute atomic E-state index is 0.0668. The summed E-state index contributed by atoms with van der Waals surface area (Å²) < 4.78 is 47.9. The number of hydrogen-bond acceptors (Lipinski definition) is 8. The number of phosphoric ester groups is 1. The first-order valence-corrected chi connectivity index (χ1v) is 16.1. The monoisotopic (exact) mass is 669 g/mol. The Hall–Kier alpha value is -3.17. The number of carbonyl (C=O) groups excluding carboxylic acids is 1. The zero-order valence-corrected chi connectivity index (χ0v) is 24.8. The summed E-state index contributed by atoms with van der Waals surface area (Å²) in [4.78, 5) is 43.4. The van der Waals surface area contributed by atoms with E-state index in [4.69, 9.17) is 14.5 Å². The van der Waals surface area contributed by atoms with E-state index >= 15 is 0 Å². The molecular formula is C25H25BrN3O10PS. The number of hydrogen-bond donors (Lipinski definition) is 3. The first-order chi connectivity index (χ1) is 19.3. The van der Waals surface area contributed by atoms with Crippen LogP contribution < -0.4 is 14.4 Å². The molecule has 0 aromatic heterocycles. The summed E-state index contributed by atoms with van der Waals surface area (Å²) in [5.41, 5.74) is 1.41. The van der Waals surface area contributed by atoms with Crippen molar-refractivity contribution in [3.05, 3.63) is 75.8 Å². The summed E-state index contributed by atoms with van der Waals surface area (Å²) in [6.45, 7) is -0.775. The van der Waals surface area contributed by atoms with Crippen LogP contribution in [0, 0.1) is 10.1 Å². The standard InChI is InChI=1S/C25H25BrN3O10PS/c1-38-18-5-2-16(3-6-18)4-9-24(30)28-15-17(14-26)25-20-8-7-19(12-21(20)22(29(31)32)13-23(25)28)41(36,37)27-10-11-39-40(33,34)35/h2-9,12-13,17,27H,10-11,14-15H2,1H3,(H2,33,34,35)/b9-4+. The molecule has 3 aromatic carbocycles. The zero-order chi connectivity index (χ0) is 29.9. The van der Waals surface area contributed by atoms with E-state index in [1.165, 1.54) is 35.2 Å². The summed E-state index contributed by atoms with van der Waals surface area (Å²) in [5, 5.41) is 13.0. The van der Waals surface area contributed by atoms with Crippen molar-refractivity contribution in [2.75, 3.05) is 37.0 Å². The highest BCUT2D eigenvalue weighted by Crippen LogP contribution is 2.46. The van der Waals surface area contributed by atoms with E-state index < -0.39 is 35.9 Å². The second-order valence-electron chi connectivity index (χ2n) is 8.92. The lowest BCUT2D eigenvalue weighted by Gasteiger charge is -2.16. The van der Waals surface area contributed by atoms with Gasteiger partial charge in [-0.2, -0.15) is 0 Å². The molecule has 1 atom stereocenters. The number of halogens is 1. The number of phosphoric acid groups is 1. The second-order valence-corrected chi connectivity index (χ2v) is 12.6. The van der Waals surface area contributed by atoms with Crippen LogP contribution in [-0.2, 0) is 23.9 Å². The van der Waals surface area contributed by atoms with Crippen LogP contribution in [0.5, 0.6) is 5.75 Å². The lowest BCUT2D eigenvalue weighted by Crippen LogP contribution is -2.28. The molecular weight excluding hydrogens is 645 g/mol. The highest BCUT2D eigenvalue weighted by Gasteiger charge is 2.36. The lowest BCUT2D eigenvalue weighted by atomic mass is 9.95. The number of sulfonamides is 1. The van der Waals surface area contributed by atoms with Crippen LogP contribution in [0.15, 0.2) is 59.5 Å². The number of nitrogens with one attached hydrogen (secondary N) is 1. The Morgan fingerprint density at radius 3 is 2.54 bits per heavy atom. The van der Waals surface area contributed by atoms with Crippen molar-refractivity contribution < 1.29 is 41.7 Å². The van der Waals surface area contributed by atoms with Gasteiger partial charge in [-0.3, -0.25) is 19.4 Å². The third kappa shape index (κ3) is 7.01. The number of nitrogens with zero attached hydrogens (tertiary/aromatic N) is 2. The molecule has 1 heterocycles. The number of anilines is 1. The fraction of sp³-hybridized carbons (Fsp3) is 0.240. The van der Waals surface area contributed by atoms with Gasteiger partial charge in [0.05, 0.1) is 34.6 Å². The Morgan fingerprint density at radius 1 is 1.22 bits per heavy atom. The molecule has 1 amide bonds. The molecule has 0 saturated heterocycles. The number of amides is 1. The summed E-state index contributed by atoms with van der Waals surface area (Å²) in [6, 6.07) is 12.3. The largest absolute Gasteiger partial charge is 0.497 e. The Balaban J connectivity index is 1.69. The Morgan fingerprint density at radius 2 is 1.93 bits per heavy atom. The van der Waals surface area contributed by atoms with Gasteiger partial charge in [-0.05, 0) is 46.9 Å². The van der Waals surface area contributed by atoms with E-state index in [1.807, 2.05) is 0 Å². The van der Waals surface area contributed by atoms with Crippen LogP contribution in [0.1, 0.15) is 17.0 Å². The molecule has 1 unspecified atom stereocenters. The van der Waals surface area contributed by atoms with Crippen LogP contribution in [0.25, 0.3) is 16.8 Å². The van der Waals surface area contributed by atoms with Crippen LogP contribution >= 0.6 is 23.8 Å². The van der Waals surface area contributed by atoms with E-state index in [0.29, 0.717) is 27.7 Å². The highest BCUT2D eigenvalue weighted by molar-refractivity contribution is 9.09. The maximum Gasteiger partial charge on any atom is 0.469 e. The quantitative estimate of drug-likeness (QED) is 0.0679. The Kier molecular flexibility index (Phi) is 9.29. The molecule has 3 aromatic rings. The number of non-ortho nitro benzene ring substituents is 1. The number of nitro benzene ring substituents is 1. The number of benzene rings is 3. The van der Waals surface area contributed by atoms with Crippen molar-refractivity contribution in [2.45, 2.75) is 10.8 Å². The minimum Gasteiger partial charge on any atom is -0.497 e. The van der Waals surface area contributed by atoms with Gasteiger partial charge in [0.15, 0.2) is 0 Å². The van der Waals surface area contributed by atoms with Crippen molar-refractivity contribution in [3.8, 4) is 5.75 Å². The molecule has 1 aliphatic heterocycles. The van der Waals surface area contributed by atoms with Gasteiger partial charge in [0.2, 0.25) is 10.0 Å². The SMILES string of the molecule is COc1ccc(/C=C/C(=O)N2CC(CBr)c3c2cc([N+](=O)[O-])c2cc(S(=O)(=O)NCCOP(=O)(O)O)ccc32)cc1. The molecule has 0 spiro atoms. The van der Waals surface area contributed by atoms with E-state index in [-0.39, 0.29) is 34.3 Å². The molecule has 3 N–H and O–H groups in total. The van der Waals surface area contributed by atoms with E-state index in [9.17, 15) is 27.9 Å². The summed E-state index contributed by atoms with van der Waals surface area (Å²) in [5.74, 6) is 0.0686. The Bertz CT molecular complexity index is 1680. The number of methoxy groups -OCH3 is 1. The van der Waals surface area contributed by atoms with Crippen LogP contribution in [0.3, 0.4) is 0 Å². The van der Waals surface area contributed by atoms with Gasteiger partial charge in [0, 0.05) is 36.5 Å². The van der Waals surface area contributed by atoms with Gasteiger partial charge in [-0.15, -0.1) is 0 Å². The number of ether oxygens (including phenoxy) is 1. The van der Waals surface area contributed by atoms with Crippen molar-refractivity contribution in [1.29, 1.82) is 0 Å². The van der Waals surface area contributed by atoms with Crippen molar-refractivity contribution >= 4 is 67.9 Å². The minimum atomic E-state index is -4.77. The molecule has 0 bridgehead atoms. The number of fused-ring (bicyclic) bond motifs is 3. The van der Waals surface area contributed by atoms with Crippen LogP contribution in [0.4, 0.5) is 11.4 Å². The predicted molar refractivity (Wildman–Crippen MR) is 155 cm³/mol. The van der Waals surface area contributed by atoms with Crippen LogP contribution in [0.2, 0.25) is 0 Å². The molecule has 1 aliphatic rings.